The number of nitrogens with zero attached hydrogens (tertiary/aromatic N) is 1. The van der Waals surface area contributed by atoms with Crippen molar-refractivity contribution in [3.63, 3.8) is 0 Å². The van der Waals surface area contributed by atoms with Gasteiger partial charge >= 0.3 is 0 Å². The average Bonchev–Trinajstić information content (AvgIpc) is 3.40. The van der Waals surface area contributed by atoms with Crippen LogP contribution < -0.4 is 15.0 Å². The molecule has 0 amide bonds. The first-order valence-electron chi connectivity index (χ1n) is 9.66. The van der Waals surface area contributed by atoms with Crippen LogP contribution in [0.15, 0.2) is 6.07 Å². The van der Waals surface area contributed by atoms with Gasteiger partial charge in [-0.3, -0.25) is 0 Å². The predicted molar refractivity (Wildman–Crippen MR) is 97.5 cm³/mol. The Morgan fingerprint density at radius 3 is 2.96 bits per heavy atom. The molecule has 1 aliphatic carbocycles. The lowest BCUT2D eigenvalue weighted by molar-refractivity contribution is 0.0798. The molecule has 0 bridgehead atoms. The Morgan fingerprint density at radius 1 is 1.33 bits per heavy atom. The SMILES string of the molecule is CCO[C@@H](C)CN1CCOc2cc3c(c(C4CC4)c21)CCNCC3. The van der Waals surface area contributed by atoms with Gasteiger partial charge in [0.05, 0.1) is 18.3 Å². The quantitative estimate of drug-likeness (QED) is 0.900. The molecule has 4 nitrogen and oxygen atoms in total. The van der Waals surface area contributed by atoms with Crippen LogP contribution in [0.1, 0.15) is 49.3 Å². The van der Waals surface area contributed by atoms with E-state index in [4.69, 9.17) is 9.47 Å². The summed E-state index contributed by atoms with van der Waals surface area (Å²) in [6.07, 6.45) is 5.22. The summed E-state index contributed by atoms with van der Waals surface area (Å²) in [7, 11) is 0. The third kappa shape index (κ3) is 3.14. The predicted octanol–water partition coefficient (Wildman–Crippen LogP) is 2.88. The number of benzene rings is 1. The summed E-state index contributed by atoms with van der Waals surface area (Å²) < 4.78 is 11.9. The molecule has 0 spiro atoms. The van der Waals surface area contributed by atoms with E-state index in [2.05, 4.69) is 30.1 Å². The summed E-state index contributed by atoms with van der Waals surface area (Å²) in [5.74, 6) is 1.87. The molecule has 1 aromatic rings. The van der Waals surface area contributed by atoms with Gasteiger partial charge in [-0.2, -0.15) is 0 Å². The number of hydrogen-bond acceptors (Lipinski definition) is 4. The molecule has 0 saturated heterocycles. The van der Waals surface area contributed by atoms with Gasteiger partial charge in [-0.25, -0.2) is 0 Å². The van der Waals surface area contributed by atoms with Crippen molar-refractivity contribution in [2.45, 2.75) is 51.6 Å². The molecule has 3 aliphatic rings. The minimum absolute atomic E-state index is 0.258. The van der Waals surface area contributed by atoms with E-state index in [1.54, 1.807) is 11.1 Å². The molecule has 1 aromatic carbocycles. The summed E-state index contributed by atoms with van der Waals surface area (Å²) >= 11 is 0. The molecule has 1 saturated carbocycles. The topological polar surface area (TPSA) is 33.7 Å². The fourth-order valence-electron chi connectivity index (χ4n) is 4.30. The Morgan fingerprint density at radius 2 is 2.17 bits per heavy atom. The first-order valence-corrected chi connectivity index (χ1v) is 9.66. The maximum Gasteiger partial charge on any atom is 0.143 e. The van der Waals surface area contributed by atoms with Crippen LogP contribution in [-0.2, 0) is 17.6 Å². The molecular formula is C20H30N2O2. The standard InChI is InChI=1S/C20H30N2O2/c1-3-23-14(2)13-22-10-11-24-18-12-16-6-8-21-9-7-17(16)19(20(18)22)15-4-5-15/h12,14-15,21H,3-11,13H2,1-2H3/t14-/m0/s1. The number of anilines is 1. The molecule has 2 heterocycles. The normalized spacial score (nSPS) is 21.5. The second-order valence-electron chi connectivity index (χ2n) is 7.36. The molecule has 1 N–H and O–H groups in total. The Kier molecular flexibility index (Phi) is 4.68. The monoisotopic (exact) mass is 330 g/mol. The Bertz CT molecular complexity index is 598. The summed E-state index contributed by atoms with van der Waals surface area (Å²) in [5, 5.41) is 3.56. The number of ether oxygens (including phenoxy) is 2. The van der Waals surface area contributed by atoms with Crippen molar-refractivity contribution in [1.82, 2.24) is 5.32 Å². The van der Waals surface area contributed by atoms with Crippen molar-refractivity contribution >= 4 is 5.69 Å². The van der Waals surface area contributed by atoms with Gasteiger partial charge in [-0.05, 0) is 81.3 Å². The Labute approximate surface area is 145 Å². The van der Waals surface area contributed by atoms with Crippen molar-refractivity contribution in [3.8, 4) is 5.75 Å². The van der Waals surface area contributed by atoms with Gasteiger partial charge in [0.25, 0.3) is 0 Å². The van der Waals surface area contributed by atoms with E-state index >= 15 is 0 Å². The molecule has 0 radical (unpaired) electrons. The van der Waals surface area contributed by atoms with E-state index < -0.39 is 0 Å². The first kappa shape index (κ1) is 16.2. The third-order valence-electron chi connectivity index (χ3n) is 5.48. The molecule has 132 valence electrons. The van der Waals surface area contributed by atoms with Crippen LogP contribution in [0, 0.1) is 0 Å². The zero-order chi connectivity index (χ0) is 16.5. The molecule has 24 heavy (non-hydrogen) atoms. The van der Waals surface area contributed by atoms with Gasteiger partial charge in [0.1, 0.15) is 12.4 Å². The van der Waals surface area contributed by atoms with Crippen LogP contribution in [0.25, 0.3) is 0 Å². The number of nitrogens with one attached hydrogen (secondary N) is 1. The van der Waals surface area contributed by atoms with Crippen molar-refractivity contribution in [1.29, 1.82) is 0 Å². The molecule has 4 heteroatoms. The van der Waals surface area contributed by atoms with E-state index in [0.29, 0.717) is 0 Å². The lowest BCUT2D eigenvalue weighted by Gasteiger charge is -2.36. The van der Waals surface area contributed by atoms with Crippen LogP contribution in [0.3, 0.4) is 0 Å². The van der Waals surface area contributed by atoms with Crippen molar-refractivity contribution in [3.05, 3.63) is 22.8 Å². The van der Waals surface area contributed by atoms with Crippen molar-refractivity contribution in [2.24, 2.45) is 0 Å². The minimum Gasteiger partial charge on any atom is -0.490 e. The Balaban J connectivity index is 1.74. The smallest absolute Gasteiger partial charge is 0.143 e. The fraction of sp³-hybridized carbons (Fsp3) is 0.700. The highest BCUT2D eigenvalue weighted by atomic mass is 16.5. The van der Waals surface area contributed by atoms with E-state index in [9.17, 15) is 0 Å². The summed E-state index contributed by atoms with van der Waals surface area (Å²) in [6, 6.07) is 2.33. The summed E-state index contributed by atoms with van der Waals surface area (Å²) in [6.45, 7) is 9.94. The van der Waals surface area contributed by atoms with Gasteiger partial charge in [0.15, 0.2) is 0 Å². The zero-order valence-electron chi connectivity index (χ0n) is 15.1. The maximum atomic E-state index is 6.12. The first-order chi connectivity index (χ1) is 11.8. The van der Waals surface area contributed by atoms with Crippen LogP contribution in [0.2, 0.25) is 0 Å². The van der Waals surface area contributed by atoms with E-state index in [1.807, 2.05) is 0 Å². The summed E-state index contributed by atoms with van der Waals surface area (Å²) in [5.41, 5.74) is 6.12. The maximum absolute atomic E-state index is 6.12. The van der Waals surface area contributed by atoms with Crippen LogP contribution in [0.4, 0.5) is 5.69 Å². The van der Waals surface area contributed by atoms with Gasteiger partial charge in [-0.1, -0.05) is 0 Å². The average molecular weight is 330 g/mol. The molecule has 0 unspecified atom stereocenters. The zero-order valence-corrected chi connectivity index (χ0v) is 15.1. The molecular weight excluding hydrogens is 300 g/mol. The highest BCUT2D eigenvalue weighted by Gasteiger charge is 2.35. The molecule has 1 atom stereocenters. The van der Waals surface area contributed by atoms with Gasteiger partial charge in [0.2, 0.25) is 0 Å². The van der Waals surface area contributed by atoms with E-state index in [-0.39, 0.29) is 6.10 Å². The third-order valence-corrected chi connectivity index (χ3v) is 5.48. The molecule has 4 rings (SSSR count). The number of rotatable bonds is 5. The molecule has 1 fully saturated rings. The minimum atomic E-state index is 0.258. The van der Waals surface area contributed by atoms with E-state index in [1.165, 1.54) is 24.1 Å². The highest BCUT2D eigenvalue weighted by molar-refractivity contribution is 5.71. The summed E-state index contributed by atoms with van der Waals surface area (Å²) in [4.78, 5) is 2.53. The molecule has 2 aliphatic heterocycles. The van der Waals surface area contributed by atoms with Crippen molar-refractivity contribution in [2.75, 3.05) is 44.3 Å². The van der Waals surface area contributed by atoms with E-state index in [0.717, 1.165) is 63.9 Å². The fourth-order valence-corrected chi connectivity index (χ4v) is 4.30. The Hall–Kier alpha value is -1.26. The largest absolute Gasteiger partial charge is 0.490 e. The molecule has 0 aromatic heterocycles. The van der Waals surface area contributed by atoms with Crippen LogP contribution >= 0.6 is 0 Å². The second kappa shape index (κ2) is 6.93. The van der Waals surface area contributed by atoms with Crippen LogP contribution in [0.5, 0.6) is 5.75 Å². The second-order valence-corrected chi connectivity index (χ2v) is 7.36. The lowest BCUT2D eigenvalue weighted by atomic mass is 9.91. The van der Waals surface area contributed by atoms with Gasteiger partial charge in [0, 0.05) is 13.2 Å². The van der Waals surface area contributed by atoms with Gasteiger partial charge < -0.3 is 19.7 Å². The number of hydrogen-bond donors (Lipinski definition) is 1. The van der Waals surface area contributed by atoms with Crippen molar-refractivity contribution < 1.29 is 9.47 Å². The lowest BCUT2D eigenvalue weighted by Crippen LogP contribution is -2.39. The van der Waals surface area contributed by atoms with Crippen LogP contribution in [-0.4, -0.2) is 45.5 Å². The highest BCUT2D eigenvalue weighted by Crippen LogP contribution is 2.51. The van der Waals surface area contributed by atoms with Gasteiger partial charge in [-0.15, -0.1) is 0 Å². The number of fused-ring (bicyclic) bond motifs is 2.